The molecule has 1 aliphatic rings. The molecular weight excluding hydrogens is 228 g/mol. The summed E-state index contributed by atoms with van der Waals surface area (Å²) in [5, 5.41) is 9.55. The zero-order chi connectivity index (χ0) is 12.2. The van der Waals surface area contributed by atoms with Crippen LogP contribution >= 0.6 is 0 Å². The van der Waals surface area contributed by atoms with E-state index in [0.717, 1.165) is 12.8 Å². The molecule has 0 aromatic carbocycles. The topological polar surface area (TPSA) is 63.6 Å². The number of rotatable bonds is 8. The van der Waals surface area contributed by atoms with E-state index in [1.54, 1.807) is 0 Å². The summed E-state index contributed by atoms with van der Waals surface area (Å²) in [5.41, 5.74) is 0. The Hall–Kier alpha value is -0.130. The van der Waals surface area contributed by atoms with E-state index in [1.807, 2.05) is 13.8 Å². The Morgan fingerprint density at radius 1 is 1.38 bits per heavy atom. The van der Waals surface area contributed by atoms with Gasteiger partial charge in [-0.2, -0.15) is 8.42 Å². The van der Waals surface area contributed by atoms with Gasteiger partial charge in [0.05, 0.1) is 12.7 Å². The van der Waals surface area contributed by atoms with Crippen molar-refractivity contribution >= 4 is 10.1 Å². The molecule has 1 N–H and O–H groups in total. The predicted octanol–water partition coefficient (Wildman–Crippen LogP) is 1.83. The summed E-state index contributed by atoms with van der Waals surface area (Å²) in [5.74, 6) is 0. The number of aliphatic hydroxyl groups is 1. The smallest absolute Gasteiger partial charge is 0.273 e. The fraction of sp³-hybridized carbons (Fsp3) is 1.00. The van der Waals surface area contributed by atoms with Gasteiger partial charge in [0, 0.05) is 0 Å². The lowest BCUT2D eigenvalue weighted by Crippen LogP contribution is -2.30. The Morgan fingerprint density at radius 2 is 2.00 bits per heavy atom. The maximum absolute atomic E-state index is 11.9. The van der Waals surface area contributed by atoms with E-state index < -0.39 is 21.0 Å². The van der Waals surface area contributed by atoms with Crippen molar-refractivity contribution in [2.75, 3.05) is 6.61 Å². The number of hydrogen-bond donors (Lipinski definition) is 1. The summed E-state index contributed by atoms with van der Waals surface area (Å²) in [6, 6.07) is 0. The van der Waals surface area contributed by atoms with Crippen molar-refractivity contribution in [3.63, 3.8) is 0 Å². The molecule has 0 aromatic heterocycles. The molecule has 0 unspecified atom stereocenters. The summed E-state index contributed by atoms with van der Waals surface area (Å²) >= 11 is 0. The Morgan fingerprint density at radius 3 is 2.44 bits per heavy atom. The highest BCUT2D eigenvalue weighted by Crippen LogP contribution is 2.48. The van der Waals surface area contributed by atoms with Crippen LogP contribution in [0.4, 0.5) is 0 Å². The Bertz CT molecular complexity index is 306. The van der Waals surface area contributed by atoms with E-state index in [1.165, 1.54) is 0 Å². The highest BCUT2D eigenvalue weighted by molar-refractivity contribution is 7.88. The normalized spacial score (nSPS) is 20.7. The number of aliphatic hydroxyl groups excluding tert-OH is 1. The van der Waals surface area contributed by atoms with Gasteiger partial charge in [0.1, 0.15) is 4.75 Å². The lowest BCUT2D eigenvalue weighted by atomic mass is 10.1. The Kier molecular flexibility index (Phi) is 4.76. The van der Waals surface area contributed by atoms with Crippen LogP contribution in [0.25, 0.3) is 0 Å². The van der Waals surface area contributed by atoms with Gasteiger partial charge in [-0.25, -0.2) is 0 Å². The van der Waals surface area contributed by atoms with Gasteiger partial charge in [0.2, 0.25) is 0 Å². The summed E-state index contributed by atoms with van der Waals surface area (Å²) < 4.78 is 28.0. The van der Waals surface area contributed by atoms with Crippen LogP contribution in [0.3, 0.4) is 0 Å². The maximum Gasteiger partial charge on any atom is 0.273 e. The van der Waals surface area contributed by atoms with Crippen LogP contribution in [0, 0.1) is 0 Å². The molecule has 1 atom stereocenters. The summed E-state index contributed by atoms with van der Waals surface area (Å²) in [6.45, 7) is 4.11. The van der Waals surface area contributed by atoms with Crippen molar-refractivity contribution in [1.29, 1.82) is 0 Å². The third-order valence-corrected chi connectivity index (χ3v) is 5.27. The SMILES string of the molecule is CCCCOS(=O)(=O)C1(C[C@@H](O)CC)CC1. The Balaban J connectivity index is 2.54. The van der Waals surface area contributed by atoms with Gasteiger partial charge in [-0.3, -0.25) is 4.18 Å². The minimum atomic E-state index is -3.49. The average molecular weight is 250 g/mol. The molecule has 16 heavy (non-hydrogen) atoms. The first kappa shape index (κ1) is 13.9. The average Bonchev–Trinajstić information content (AvgIpc) is 2.99. The molecule has 1 rings (SSSR count). The second-order valence-corrected chi connectivity index (χ2v) is 6.59. The second kappa shape index (κ2) is 5.47. The first-order valence-electron chi connectivity index (χ1n) is 6.04. The molecular formula is C11H22O4S. The number of unbranched alkanes of at least 4 members (excludes halogenated alkanes) is 1. The van der Waals surface area contributed by atoms with E-state index in [-0.39, 0.29) is 6.61 Å². The van der Waals surface area contributed by atoms with Crippen LogP contribution < -0.4 is 0 Å². The molecule has 4 nitrogen and oxygen atoms in total. The van der Waals surface area contributed by atoms with Crippen molar-refractivity contribution in [3.8, 4) is 0 Å². The molecule has 1 aliphatic carbocycles. The molecule has 1 fully saturated rings. The monoisotopic (exact) mass is 250 g/mol. The Labute approximate surface area is 98.1 Å². The zero-order valence-corrected chi connectivity index (χ0v) is 10.9. The minimum Gasteiger partial charge on any atom is -0.393 e. The second-order valence-electron chi connectivity index (χ2n) is 4.58. The van der Waals surface area contributed by atoms with Crippen molar-refractivity contribution in [3.05, 3.63) is 0 Å². The van der Waals surface area contributed by atoms with Crippen molar-refractivity contribution in [1.82, 2.24) is 0 Å². The molecule has 0 heterocycles. The first-order chi connectivity index (χ1) is 7.47. The largest absolute Gasteiger partial charge is 0.393 e. The summed E-state index contributed by atoms with van der Waals surface area (Å²) in [4.78, 5) is 0. The van der Waals surface area contributed by atoms with E-state index in [2.05, 4.69) is 0 Å². The fourth-order valence-electron chi connectivity index (χ4n) is 1.71. The van der Waals surface area contributed by atoms with Gasteiger partial charge in [-0.1, -0.05) is 20.3 Å². The molecule has 0 spiro atoms. The third kappa shape index (κ3) is 3.18. The van der Waals surface area contributed by atoms with Gasteiger partial charge in [0.15, 0.2) is 0 Å². The molecule has 0 radical (unpaired) electrons. The van der Waals surface area contributed by atoms with Gasteiger partial charge in [-0.15, -0.1) is 0 Å². The lowest BCUT2D eigenvalue weighted by molar-refractivity contribution is 0.153. The molecule has 0 saturated heterocycles. The maximum atomic E-state index is 11.9. The molecule has 0 aliphatic heterocycles. The van der Waals surface area contributed by atoms with Crippen LogP contribution in [-0.2, 0) is 14.3 Å². The minimum absolute atomic E-state index is 0.267. The van der Waals surface area contributed by atoms with Crippen LogP contribution in [0.1, 0.15) is 52.4 Å². The molecule has 1 saturated carbocycles. The van der Waals surface area contributed by atoms with Crippen LogP contribution in [0.5, 0.6) is 0 Å². The molecule has 0 bridgehead atoms. The van der Waals surface area contributed by atoms with Gasteiger partial charge in [-0.05, 0) is 32.1 Å². The van der Waals surface area contributed by atoms with Crippen LogP contribution in [0.2, 0.25) is 0 Å². The van der Waals surface area contributed by atoms with Crippen LogP contribution in [-0.4, -0.2) is 31.0 Å². The van der Waals surface area contributed by atoms with E-state index in [9.17, 15) is 13.5 Å². The van der Waals surface area contributed by atoms with E-state index in [0.29, 0.717) is 25.7 Å². The quantitative estimate of drug-likeness (QED) is 0.527. The standard InChI is InChI=1S/C11H22O4S/c1-3-5-8-15-16(13,14)11(6-7-11)9-10(12)4-2/h10,12H,3-9H2,1-2H3/t10-/m0/s1. The van der Waals surface area contributed by atoms with E-state index in [4.69, 9.17) is 4.18 Å². The zero-order valence-electron chi connectivity index (χ0n) is 10.1. The molecule has 5 heteroatoms. The molecule has 0 amide bonds. The lowest BCUT2D eigenvalue weighted by Gasteiger charge is -2.18. The summed E-state index contributed by atoms with van der Waals surface area (Å²) in [7, 11) is -3.49. The third-order valence-electron chi connectivity index (χ3n) is 3.15. The van der Waals surface area contributed by atoms with Gasteiger partial charge in [0.25, 0.3) is 10.1 Å². The molecule has 96 valence electrons. The van der Waals surface area contributed by atoms with Crippen molar-refractivity contribution in [2.45, 2.75) is 63.2 Å². The predicted molar refractivity (Wildman–Crippen MR) is 62.7 cm³/mol. The first-order valence-corrected chi connectivity index (χ1v) is 7.45. The molecule has 0 aromatic rings. The van der Waals surface area contributed by atoms with Gasteiger partial charge >= 0.3 is 0 Å². The van der Waals surface area contributed by atoms with Crippen LogP contribution in [0.15, 0.2) is 0 Å². The summed E-state index contributed by atoms with van der Waals surface area (Å²) in [6.07, 6.45) is 3.29. The highest BCUT2D eigenvalue weighted by atomic mass is 32.2. The van der Waals surface area contributed by atoms with E-state index >= 15 is 0 Å². The highest BCUT2D eigenvalue weighted by Gasteiger charge is 2.55. The van der Waals surface area contributed by atoms with Gasteiger partial charge < -0.3 is 5.11 Å². The number of hydrogen-bond acceptors (Lipinski definition) is 4. The van der Waals surface area contributed by atoms with Crippen molar-refractivity contribution in [2.24, 2.45) is 0 Å². The van der Waals surface area contributed by atoms with Crippen molar-refractivity contribution < 1.29 is 17.7 Å². The fourth-order valence-corrected chi connectivity index (χ4v) is 3.29.